The van der Waals surface area contributed by atoms with Crippen molar-refractivity contribution in [3.63, 3.8) is 0 Å². The van der Waals surface area contributed by atoms with Crippen LogP contribution in [-0.2, 0) is 32.0 Å². The molecule has 0 radical (unpaired) electrons. The lowest BCUT2D eigenvalue weighted by molar-refractivity contribution is -0.142. The van der Waals surface area contributed by atoms with Gasteiger partial charge < -0.3 is 26.0 Å². The summed E-state index contributed by atoms with van der Waals surface area (Å²) in [6.45, 7) is 1.34. The largest absolute Gasteiger partial charge is 0.480 e. The molecule has 0 saturated carbocycles. The van der Waals surface area contributed by atoms with E-state index in [1.54, 1.807) is 4.90 Å². The van der Waals surface area contributed by atoms with Gasteiger partial charge in [-0.05, 0) is 84.5 Å². The van der Waals surface area contributed by atoms with Gasteiger partial charge in [-0.1, -0.05) is 42.5 Å². The quantitative estimate of drug-likeness (QED) is 0.278. The van der Waals surface area contributed by atoms with E-state index in [-0.39, 0.29) is 30.7 Å². The number of carbonyl (C=O) groups is 4. The monoisotopic (exact) mass is 646 g/mol. The number of amides is 3. The summed E-state index contributed by atoms with van der Waals surface area (Å²) in [5, 5.41) is 18.6. The van der Waals surface area contributed by atoms with Crippen molar-refractivity contribution in [1.29, 1.82) is 0 Å². The summed E-state index contributed by atoms with van der Waals surface area (Å²) >= 11 is 2.18. The van der Waals surface area contributed by atoms with Crippen molar-refractivity contribution < 1.29 is 24.3 Å². The van der Waals surface area contributed by atoms with Gasteiger partial charge in [-0.2, -0.15) is 0 Å². The second-order valence-corrected chi connectivity index (χ2v) is 11.5. The summed E-state index contributed by atoms with van der Waals surface area (Å²) < 4.78 is 1.04. The molecule has 2 aromatic carbocycles. The number of rotatable bonds is 11. The average molecular weight is 647 g/mol. The first-order chi connectivity index (χ1) is 18.8. The Morgan fingerprint density at radius 3 is 2.33 bits per heavy atom. The van der Waals surface area contributed by atoms with E-state index < -0.39 is 30.0 Å². The fraction of sp³-hybridized carbons (Fsp3) is 0.448. The fourth-order valence-electron chi connectivity index (χ4n) is 5.30. The van der Waals surface area contributed by atoms with Crippen molar-refractivity contribution in [2.45, 2.75) is 69.1 Å². The molecule has 208 valence electrons. The predicted molar refractivity (Wildman–Crippen MR) is 155 cm³/mol. The van der Waals surface area contributed by atoms with Gasteiger partial charge in [-0.25, -0.2) is 4.79 Å². The molecule has 4 atom stereocenters. The lowest BCUT2D eigenvalue weighted by Crippen LogP contribution is -2.53. The van der Waals surface area contributed by atoms with Crippen LogP contribution in [0, 0.1) is 3.57 Å². The van der Waals surface area contributed by atoms with Gasteiger partial charge in [0.2, 0.25) is 17.7 Å². The molecule has 0 aliphatic carbocycles. The normalized spacial score (nSPS) is 20.3. The third-order valence-electron chi connectivity index (χ3n) is 7.29. The van der Waals surface area contributed by atoms with Crippen molar-refractivity contribution in [2.75, 3.05) is 13.1 Å². The summed E-state index contributed by atoms with van der Waals surface area (Å²) in [6.07, 6.45) is 3.51. The van der Waals surface area contributed by atoms with Gasteiger partial charge in [0.1, 0.15) is 12.1 Å². The highest BCUT2D eigenvalue weighted by molar-refractivity contribution is 14.1. The SMILES string of the molecule is O=C(C[C@H](Cc1ccccc1)NC(=O)[C@@H]1CCCN1C(=O)[C@@H]1CCCN1)N[C@@H](Cc1ccc(I)cc1)C(=O)O. The van der Waals surface area contributed by atoms with Crippen LogP contribution in [-0.4, -0.2) is 71.0 Å². The highest BCUT2D eigenvalue weighted by atomic mass is 127. The summed E-state index contributed by atoms with van der Waals surface area (Å²) in [4.78, 5) is 53.1. The molecule has 0 unspecified atom stereocenters. The number of hydrogen-bond donors (Lipinski definition) is 4. The van der Waals surface area contributed by atoms with Gasteiger partial charge in [-0.15, -0.1) is 0 Å². The zero-order valence-corrected chi connectivity index (χ0v) is 23.9. The van der Waals surface area contributed by atoms with Gasteiger partial charge in [0.05, 0.1) is 6.04 Å². The van der Waals surface area contributed by atoms with Gasteiger partial charge in [0, 0.05) is 29.0 Å². The Kier molecular flexibility index (Phi) is 10.3. The van der Waals surface area contributed by atoms with Crippen LogP contribution < -0.4 is 16.0 Å². The number of hydrogen-bond acceptors (Lipinski definition) is 5. The molecular weight excluding hydrogens is 611 g/mol. The van der Waals surface area contributed by atoms with Crippen LogP contribution in [0.2, 0.25) is 0 Å². The molecule has 2 aromatic rings. The molecule has 2 heterocycles. The van der Waals surface area contributed by atoms with Crippen LogP contribution in [0.5, 0.6) is 0 Å². The minimum absolute atomic E-state index is 0.0394. The third kappa shape index (κ3) is 8.25. The maximum atomic E-state index is 13.4. The van der Waals surface area contributed by atoms with Crippen molar-refractivity contribution >= 4 is 46.3 Å². The first-order valence-corrected chi connectivity index (χ1v) is 14.5. The highest BCUT2D eigenvalue weighted by Gasteiger charge is 2.38. The van der Waals surface area contributed by atoms with E-state index in [9.17, 15) is 24.3 Å². The first kappa shape index (κ1) is 29.0. The van der Waals surface area contributed by atoms with Crippen molar-refractivity contribution in [1.82, 2.24) is 20.9 Å². The molecule has 2 saturated heterocycles. The minimum atomic E-state index is -1.12. The summed E-state index contributed by atoms with van der Waals surface area (Å²) in [5.41, 5.74) is 1.75. The second-order valence-electron chi connectivity index (χ2n) is 10.2. The number of aliphatic carboxylic acids is 1. The van der Waals surface area contributed by atoms with Crippen molar-refractivity contribution in [3.05, 3.63) is 69.3 Å². The van der Waals surface area contributed by atoms with Crippen LogP contribution >= 0.6 is 22.6 Å². The molecule has 4 rings (SSSR count). The smallest absolute Gasteiger partial charge is 0.326 e. The molecule has 0 bridgehead atoms. The molecule has 0 spiro atoms. The number of nitrogens with zero attached hydrogens (tertiary/aromatic N) is 1. The van der Waals surface area contributed by atoms with E-state index in [4.69, 9.17) is 0 Å². The zero-order valence-electron chi connectivity index (χ0n) is 21.8. The van der Waals surface area contributed by atoms with Crippen LogP contribution in [0.1, 0.15) is 43.2 Å². The molecular formula is C29H35IN4O5. The molecule has 0 aromatic heterocycles. The Hall–Kier alpha value is -2.99. The fourth-order valence-corrected chi connectivity index (χ4v) is 5.66. The van der Waals surface area contributed by atoms with E-state index in [2.05, 4.69) is 38.5 Å². The standard InChI is InChI=1S/C29H35IN4O5/c30-21-12-10-20(11-13-21)17-24(29(38)39)33-26(35)18-22(16-19-6-2-1-3-7-19)32-27(36)25-9-5-15-34(25)28(37)23-8-4-14-31-23/h1-3,6-7,10-13,22-25,31H,4-5,8-9,14-18H2,(H,32,36)(H,33,35)(H,38,39)/t22-,23-,24-,25-/m0/s1. The number of likely N-dealkylation sites (tertiary alicyclic amines) is 1. The minimum Gasteiger partial charge on any atom is -0.480 e. The number of carboxylic acid groups (broad SMARTS) is 1. The Morgan fingerprint density at radius 1 is 0.949 bits per heavy atom. The molecule has 9 nitrogen and oxygen atoms in total. The Morgan fingerprint density at radius 2 is 1.67 bits per heavy atom. The van der Waals surface area contributed by atoms with E-state index in [0.29, 0.717) is 19.4 Å². The molecule has 2 aliphatic rings. The molecule has 2 fully saturated rings. The van der Waals surface area contributed by atoms with E-state index >= 15 is 0 Å². The van der Waals surface area contributed by atoms with E-state index in [1.165, 1.54) is 0 Å². The molecule has 2 aliphatic heterocycles. The maximum absolute atomic E-state index is 13.4. The van der Waals surface area contributed by atoms with Crippen molar-refractivity contribution in [2.24, 2.45) is 0 Å². The first-order valence-electron chi connectivity index (χ1n) is 13.4. The van der Waals surface area contributed by atoms with Gasteiger partial charge in [0.15, 0.2) is 0 Å². The van der Waals surface area contributed by atoms with Crippen LogP contribution in [0.3, 0.4) is 0 Å². The number of carboxylic acids is 1. The lowest BCUT2D eigenvalue weighted by Gasteiger charge is -2.28. The lowest BCUT2D eigenvalue weighted by atomic mass is 10.0. The number of carbonyl (C=O) groups excluding carboxylic acids is 3. The molecule has 39 heavy (non-hydrogen) atoms. The molecule has 4 N–H and O–H groups in total. The van der Waals surface area contributed by atoms with Gasteiger partial charge >= 0.3 is 5.97 Å². The van der Waals surface area contributed by atoms with E-state index in [0.717, 1.165) is 40.5 Å². The van der Waals surface area contributed by atoms with Gasteiger partial charge in [0.25, 0.3) is 0 Å². The summed E-state index contributed by atoms with van der Waals surface area (Å²) in [7, 11) is 0. The number of benzene rings is 2. The Labute approximate surface area is 242 Å². The van der Waals surface area contributed by atoms with Crippen LogP contribution in [0.15, 0.2) is 54.6 Å². The van der Waals surface area contributed by atoms with E-state index in [1.807, 2.05) is 54.6 Å². The Bertz CT molecular complexity index is 1150. The number of nitrogens with one attached hydrogen (secondary N) is 3. The van der Waals surface area contributed by atoms with Crippen LogP contribution in [0.25, 0.3) is 0 Å². The average Bonchev–Trinajstić information content (AvgIpc) is 3.62. The Balaban J connectivity index is 1.42. The summed E-state index contributed by atoms with van der Waals surface area (Å²) in [5.74, 6) is -1.89. The maximum Gasteiger partial charge on any atom is 0.326 e. The highest BCUT2D eigenvalue weighted by Crippen LogP contribution is 2.21. The third-order valence-corrected chi connectivity index (χ3v) is 8.01. The second kappa shape index (κ2) is 13.9. The van der Waals surface area contributed by atoms with Crippen molar-refractivity contribution in [3.8, 4) is 0 Å². The predicted octanol–water partition coefficient (Wildman–Crippen LogP) is 2.26. The topological polar surface area (TPSA) is 128 Å². The molecule has 3 amide bonds. The summed E-state index contributed by atoms with van der Waals surface area (Å²) in [6, 6.07) is 14.5. The molecule has 10 heteroatoms. The number of halogens is 1. The van der Waals surface area contributed by atoms with Gasteiger partial charge in [-0.3, -0.25) is 14.4 Å². The van der Waals surface area contributed by atoms with Crippen LogP contribution in [0.4, 0.5) is 0 Å². The zero-order chi connectivity index (χ0) is 27.8.